The number of nitrogens with one attached hydrogen (secondary N) is 1. The van der Waals surface area contributed by atoms with Crippen molar-refractivity contribution < 1.29 is 4.74 Å². The van der Waals surface area contributed by atoms with Crippen molar-refractivity contribution in [1.82, 2.24) is 14.9 Å². The lowest BCUT2D eigenvalue weighted by molar-refractivity contribution is 0.0808. The van der Waals surface area contributed by atoms with E-state index in [1.807, 2.05) is 0 Å². The monoisotopic (exact) mass is 330 g/mol. The molecule has 0 amide bonds. The van der Waals surface area contributed by atoms with Crippen LogP contribution in [0.2, 0.25) is 0 Å². The first-order valence-corrected chi connectivity index (χ1v) is 9.74. The van der Waals surface area contributed by atoms with Crippen molar-refractivity contribution >= 4 is 5.82 Å². The summed E-state index contributed by atoms with van der Waals surface area (Å²) in [5.41, 5.74) is 1.48. The molecule has 0 aromatic carbocycles. The summed E-state index contributed by atoms with van der Waals surface area (Å²) in [4.78, 5) is 11.7. The number of nitrogens with zero attached hydrogens (tertiary/aromatic N) is 3. The van der Waals surface area contributed by atoms with Gasteiger partial charge in [-0.3, -0.25) is 4.90 Å². The number of aromatic nitrogens is 2. The van der Waals surface area contributed by atoms with Crippen molar-refractivity contribution in [3.05, 3.63) is 18.1 Å². The van der Waals surface area contributed by atoms with Crippen LogP contribution in [0.4, 0.5) is 5.82 Å². The molecule has 1 aromatic rings. The van der Waals surface area contributed by atoms with Crippen molar-refractivity contribution in [2.45, 2.75) is 62.8 Å². The fraction of sp³-hybridized carbons (Fsp3) is 0.789. The summed E-state index contributed by atoms with van der Waals surface area (Å²) in [7, 11) is 0. The molecule has 4 rings (SSSR count). The molecule has 5 nitrogen and oxygen atoms in total. The predicted octanol–water partition coefficient (Wildman–Crippen LogP) is 3.19. The molecular weight excluding hydrogens is 300 g/mol. The van der Waals surface area contributed by atoms with Gasteiger partial charge in [-0.25, -0.2) is 9.97 Å². The van der Waals surface area contributed by atoms with E-state index >= 15 is 0 Å². The van der Waals surface area contributed by atoms with Crippen molar-refractivity contribution in [2.75, 3.05) is 38.2 Å². The van der Waals surface area contributed by atoms with E-state index in [9.17, 15) is 0 Å². The highest BCUT2D eigenvalue weighted by atomic mass is 16.5. The Balaban J connectivity index is 1.43. The van der Waals surface area contributed by atoms with Gasteiger partial charge in [-0.15, -0.1) is 0 Å². The van der Waals surface area contributed by atoms with Crippen LogP contribution in [0, 0.1) is 0 Å². The number of hydrogen-bond donors (Lipinski definition) is 1. The van der Waals surface area contributed by atoms with Gasteiger partial charge in [0.1, 0.15) is 12.1 Å². The fourth-order valence-electron chi connectivity index (χ4n) is 4.72. The van der Waals surface area contributed by atoms with Crippen molar-refractivity contribution in [1.29, 1.82) is 0 Å². The summed E-state index contributed by atoms with van der Waals surface area (Å²) in [5, 5.41) is 3.65. The summed E-state index contributed by atoms with van der Waals surface area (Å²) >= 11 is 0. The van der Waals surface area contributed by atoms with E-state index in [-0.39, 0.29) is 0 Å². The Labute approximate surface area is 145 Å². The minimum Gasteiger partial charge on any atom is -0.381 e. The van der Waals surface area contributed by atoms with Crippen LogP contribution in [-0.2, 0) is 4.74 Å². The molecule has 24 heavy (non-hydrogen) atoms. The first kappa shape index (κ1) is 16.3. The molecule has 2 saturated heterocycles. The lowest BCUT2D eigenvalue weighted by Gasteiger charge is -2.43. The Bertz CT molecular complexity index is 532. The molecule has 1 saturated carbocycles. The largest absolute Gasteiger partial charge is 0.381 e. The van der Waals surface area contributed by atoms with E-state index in [1.165, 1.54) is 58.0 Å². The first-order chi connectivity index (χ1) is 11.9. The van der Waals surface area contributed by atoms with E-state index in [1.54, 1.807) is 6.33 Å². The molecule has 5 heteroatoms. The molecule has 1 unspecified atom stereocenters. The van der Waals surface area contributed by atoms with Gasteiger partial charge in [-0.1, -0.05) is 19.3 Å². The standard InChI is InChI=1S/C19H30N4O/c1-4-9-23(10-5-1)19(7-2-3-8-19)14-20-18-12-17(21-15-22-18)16-6-11-24-13-16/h12,15-16H,1-11,13-14H2,(H,20,21,22). The minimum atomic E-state index is 0.349. The Morgan fingerprint density at radius 2 is 1.96 bits per heavy atom. The number of ether oxygens (including phenoxy) is 1. The molecule has 1 aromatic heterocycles. The Hall–Kier alpha value is -1.20. The van der Waals surface area contributed by atoms with Gasteiger partial charge in [0.05, 0.1) is 12.3 Å². The van der Waals surface area contributed by atoms with Gasteiger partial charge in [0.25, 0.3) is 0 Å². The average Bonchev–Trinajstić information content (AvgIpc) is 3.34. The van der Waals surface area contributed by atoms with Gasteiger partial charge in [-0.05, 0) is 45.2 Å². The maximum Gasteiger partial charge on any atom is 0.129 e. The van der Waals surface area contributed by atoms with Crippen LogP contribution in [0.25, 0.3) is 0 Å². The summed E-state index contributed by atoms with van der Waals surface area (Å²) in [6, 6.07) is 2.14. The third kappa shape index (κ3) is 3.42. The van der Waals surface area contributed by atoms with Gasteiger partial charge >= 0.3 is 0 Å². The number of piperidine rings is 1. The number of hydrogen-bond acceptors (Lipinski definition) is 5. The molecule has 1 N–H and O–H groups in total. The minimum absolute atomic E-state index is 0.349. The SMILES string of the molecule is c1nc(NCC2(N3CCCCC3)CCCC2)cc(C2CCOC2)n1. The number of anilines is 1. The highest BCUT2D eigenvalue weighted by molar-refractivity contribution is 5.37. The molecule has 1 atom stereocenters. The second kappa shape index (κ2) is 7.36. The van der Waals surface area contributed by atoms with E-state index in [2.05, 4.69) is 26.3 Å². The third-order valence-corrected chi connectivity index (χ3v) is 6.20. The zero-order valence-corrected chi connectivity index (χ0v) is 14.7. The van der Waals surface area contributed by atoms with Crippen molar-refractivity contribution in [2.24, 2.45) is 0 Å². The van der Waals surface area contributed by atoms with E-state index in [4.69, 9.17) is 4.74 Å². The Morgan fingerprint density at radius 3 is 2.71 bits per heavy atom. The molecule has 3 aliphatic rings. The maximum atomic E-state index is 5.50. The normalized spacial score (nSPS) is 27.4. The van der Waals surface area contributed by atoms with E-state index in [0.717, 1.165) is 37.7 Å². The highest BCUT2D eigenvalue weighted by Gasteiger charge is 2.39. The second-order valence-electron chi connectivity index (χ2n) is 7.72. The quantitative estimate of drug-likeness (QED) is 0.898. The Morgan fingerprint density at radius 1 is 1.12 bits per heavy atom. The number of likely N-dealkylation sites (tertiary alicyclic amines) is 1. The summed E-state index contributed by atoms with van der Waals surface area (Å²) in [5.74, 6) is 1.42. The molecule has 132 valence electrons. The van der Waals surface area contributed by atoms with Crippen LogP contribution in [0.15, 0.2) is 12.4 Å². The molecule has 2 aliphatic heterocycles. The molecular formula is C19H30N4O. The fourth-order valence-corrected chi connectivity index (χ4v) is 4.72. The molecule has 0 radical (unpaired) electrons. The first-order valence-electron chi connectivity index (χ1n) is 9.74. The average molecular weight is 330 g/mol. The topological polar surface area (TPSA) is 50.3 Å². The second-order valence-corrected chi connectivity index (χ2v) is 7.72. The van der Waals surface area contributed by atoms with Gasteiger partial charge in [0.2, 0.25) is 0 Å². The molecule has 3 fully saturated rings. The lowest BCUT2D eigenvalue weighted by atomic mass is 9.92. The zero-order chi connectivity index (χ0) is 16.2. The van der Waals surface area contributed by atoms with Crippen LogP contribution >= 0.6 is 0 Å². The van der Waals surface area contributed by atoms with Gasteiger partial charge in [0, 0.05) is 30.7 Å². The molecule has 0 spiro atoms. The number of rotatable bonds is 5. The van der Waals surface area contributed by atoms with Crippen LogP contribution in [-0.4, -0.2) is 53.3 Å². The van der Waals surface area contributed by atoms with Gasteiger partial charge in [-0.2, -0.15) is 0 Å². The molecule has 3 heterocycles. The maximum absolute atomic E-state index is 5.50. The highest BCUT2D eigenvalue weighted by Crippen LogP contribution is 2.37. The van der Waals surface area contributed by atoms with Crippen LogP contribution in [0.1, 0.15) is 63.0 Å². The van der Waals surface area contributed by atoms with Gasteiger partial charge in [0.15, 0.2) is 0 Å². The predicted molar refractivity (Wildman–Crippen MR) is 95.3 cm³/mol. The summed E-state index contributed by atoms with van der Waals surface area (Å²) in [6.07, 6.45) is 12.3. The van der Waals surface area contributed by atoms with E-state index < -0.39 is 0 Å². The summed E-state index contributed by atoms with van der Waals surface area (Å²) in [6.45, 7) is 5.22. The van der Waals surface area contributed by atoms with E-state index in [0.29, 0.717) is 11.5 Å². The zero-order valence-electron chi connectivity index (χ0n) is 14.7. The Kier molecular flexibility index (Phi) is 4.99. The summed E-state index contributed by atoms with van der Waals surface area (Å²) < 4.78 is 5.50. The lowest BCUT2D eigenvalue weighted by Crippen LogP contribution is -2.53. The van der Waals surface area contributed by atoms with Gasteiger partial charge < -0.3 is 10.1 Å². The van der Waals surface area contributed by atoms with Crippen LogP contribution in [0.3, 0.4) is 0 Å². The molecule has 0 bridgehead atoms. The van der Waals surface area contributed by atoms with Crippen molar-refractivity contribution in [3.8, 4) is 0 Å². The third-order valence-electron chi connectivity index (χ3n) is 6.20. The smallest absolute Gasteiger partial charge is 0.129 e. The molecule has 1 aliphatic carbocycles. The van der Waals surface area contributed by atoms with Crippen molar-refractivity contribution in [3.63, 3.8) is 0 Å². The van der Waals surface area contributed by atoms with Crippen LogP contribution in [0.5, 0.6) is 0 Å². The van der Waals surface area contributed by atoms with Crippen LogP contribution < -0.4 is 5.32 Å².